The number of carbonyl (C=O) groups is 1. The summed E-state index contributed by atoms with van der Waals surface area (Å²) in [7, 11) is 0. The van der Waals surface area contributed by atoms with Gasteiger partial charge in [-0.3, -0.25) is 9.78 Å². The predicted octanol–water partition coefficient (Wildman–Crippen LogP) is 6.79. The van der Waals surface area contributed by atoms with Crippen molar-refractivity contribution >= 4 is 12.1 Å². The van der Waals surface area contributed by atoms with E-state index in [-0.39, 0.29) is 5.91 Å². The zero-order valence-electron chi connectivity index (χ0n) is 18.0. The third-order valence-electron chi connectivity index (χ3n) is 5.12. The highest BCUT2D eigenvalue weighted by Crippen LogP contribution is 2.13. The molecule has 0 aromatic carbocycles. The fourth-order valence-electron chi connectivity index (χ4n) is 3.34. The van der Waals surface area contributed by atoms with Crippen LogP contribution in [0.2, 0.25) is 0 Å². The third-order valence-corrected chi connectivity index (χ3v) is 5.12. The van der Waals surface area contributed by atoms with E-state index >= 15 is 0 Å². The molecule has 158 valence electrons. The fourth-order valence-corrected chi connectivity index (χ4v) is 3.34. The Morgan fingerprint density at radius 1 is 0.821 bits per heavy atom. The van der Waals surface area contributed by atoms with Crippen LogP contribution in [0.3, 0.4) is 0 Å². The molecule has 4 heteroatoms. The number of rotatable bonds is 18. The lowest BCUT2D eigenvalue weighted by Crippen LogP contribution is -2.16. The minimum absolute atomic E-state index is 0.000000208. The topological polar surface area (TPSA) is 54.4 Å². The maximum Gasteiger partial charge on any atom is 0.240 e. The molecule has 1 aromatic rings. The summed E-state index contributed by atoms with van der Waals surface area (Å²) in [6.45, 7) is 2.28. The van der Waals surface area contributed by atoms with Crippen LogP contribution >= 0.6 is 0 Å². The molecule has 0 aliphatic rings. The Morgan fingerprint density at radius 2 is 1.29 bits per heavy atom. The summed E-state index contributed by atoms with van der Waals surface area (Å²) in [6, 6.07) is 3.70. The Hall–Kier alpha value is -1.71. The van der Waals surface area contributed by atoms with E-state index < -0.39 is 0 Å². The summed E-state index contributed by atoms with van der Waals surface area (Å²) < 4.78 is 0. The SMILES string of the molecule is CCCCCCCCCCCCCCCCCC(=O)NN=Cc1ccncc1. The molecule has 1 aromatic heterocycles. The molecule has 0 spiro atoms. The molecule has 0 fully saturated rings. The van der Waals surface area contributed by atoms with Crippen LogP contribution in [0.25, 0.3) is 0 Å². The Labute approximate surface area is 172 Å². The second-order valence-corrected chi connectivity index (χ2v) is 7.77. The quantitative estimate of drug-likeness (QED) is 0.171. The van der Waals surface area contributed by atoms with Gasteiger partial charge < -0.3 is 0 Å². The van der Waals surface area contributed by atoms with Gasteiger partial charge in [-0.05, 0) is 24.1 Å². The number of aromatic nitrogens is 1. The number of carbonyl (C=O) groups excluding carboxylic acids is 1. The largest absolute Gasteiger partial charge is 0.273 e. The van der Waals surface area contributed by atoms with E-state index in [1.807, 2.05) is 12.1 Å². The van der Waals surface area contributed by atoms with Crippen molar-refractivity contribution in [2.45, 2.75) is 110 Å². The zero-order valence-corrected chi connectivity index (χ0v) is 18.0. The van der Waals surface area contributed by atoms with Gasteiger partial charge in [0.1, 0.15) is 0 Å². The van der Waals surface area contributed by atoms with E-state index in [4.69, 9.17) is 0 Å². The molecule has 28 heavy (non-hydrogen) atoms. The van der Waals surface area contributed by atoms with Gasteiger partial charge in [0.2, 0.25) is 5.91 Å². The van der Waals surface area contributed by atoms with Crippen molar-refractivity contribution in [3.8, 4) is 0 Å². The highest BCUT2D eigenvalue weighted by molar-refractivity contribution is 5.82. The lowest BCUT2D eigenvalue weighted by atomic mass is 10.0. The lowest BCUT2D eigenvalue weighted by molar-refractivity contribution is -0.121. The smallest absolute Gasteiger partial charge is 0.240 e. The average molecular weight is 388 g/mol. The van der Waals surface area contributed by atoms with Crippen molar-refractivity contribution in [2.75, 3.05) is 0 Å². The molecule has 1 rings (SSSR count). The van der Waals surface area contributed by atoms with Crippen molar-refractivity contribution in [1.29, 1.82) is 0 Å². The Bertz CT molecular complexity index is 502. The van der Waals surface area contributed by atoms with E-state index in [0.29, 0.717) is 6.42 Å². The number of nitrogens with zero attached hydrogens (tertiary/aromatic N) is 2. The first-order valence-electron chi connectivity index (χ1n) is 11.5. The molecule has 1 amide bonds. The molecule has 0 unspecified atom stereocenters. The Balaban J connectivity index is 1.80. The van der Waals surface area contributed by atoms with Crippen molar-refractivity contribution in [3.05, 3.63) is 30.1 Å². The van der Waals surface area contributed by atoms with Gasteiger partial charge in [0, 0.05) is 18.8 Å². The Kier molecular flexibility index (Phi) is 16.2. The van der Waals surface area contributed by atoms with Crippen LogP contribution in [-0.4, -0.2) is 17.1 Å². The second-order valence-electron chi connectivity index (χ2n) is 7.77. The molecule has 0 atom stereocenters. The van der Waals surface area contributed by atoms with E-state index in [2.05, 4.69) is 22.4 Å². The van der Waals surface area contributed by atoms with Crippen LogP contribution in [0.1, 0.15) is 115 Å². The molecule has 4 nitrogen and oxygen atoms in total. The van der Waals surface area contributed by atoms with E-state index in [1.165, 1.54) is 83.5 Å². The molecule has 1 N–H and O–H groups in total. The fraction of sp³-hybridized carbons (Fsp3) is 0.708. The Morgan fingerprint density at radius 3 is 1.79 bits per heavy atom. The van der Waals surface area contributed by atoms with E-state index in [1.54, 1.807) is 18.6 Å². The first-order chi connectivity index (χ1) is 13.8. The maximum absolute atomic E-state index is 11.7. The van der Waals surface area contributed by atoms with Gasteiger partial charge in [0.25, 0.3) is 0 Å². The minimum atomic E-state index is 0.000000208. The minimum Gasteiger partial charge on any atom is -0.273 e. The van der Waals surface area contributed by atoms with E-state index in [9.17, 15) is 4.79 Å². The van der Waals surface area contributed by atoms with Gasteiger partial charge in [-0.25, -0.2) is 5.43 Å². The molecular formula is C24H41N3O. The van der Waals surface area contributed by atoms with Gasteiger partial charge in [0.05, 0.1) is 6.21 Å². The monoisotopic (exact) mass is 387 g/mol. The highest BCUT2D eigenvalue weighted by Gasteiger charge is 1.99. The van der Waals surface area contributed by atoms with Gasteiger partial charge >= 0.3 is 0 Å². The summed E-state index contributed by atoms with van der Waals surface area (Å²) in [5, 5.41) is 3.98. The number of amides is 1. The normalized spacial score (nSPS) is 11.2. The average Bonchev–Trinajstić information content (AvgIpc) is 2.71. The number of hydrazone groups is 1. The van der Waals surface area contributed by atoms with Crippen molar-refractivity contribution < 1.29 is 4.79 Å². The number of nitrogens with one attached hydrogen (secondary N) is 1. The van der Waals surface area contributed by atoms with Crippen LogP contribution in [-0.2, 0) is 4.79 Å². The summed E-state index contributed by atoms with van der Waals surface area (Å²) in [5.41, 5.74) is 3.52. The summed E-state index contributed by atoms with van der Waals surface area (Å²) >= 11 is 0. The van der Waals surface area contributed by atoms with Crippen LogP contribution in [0.15, 0.2) is 29.6 Å². The van der Waals surface area contributed by atoms with Gasteiger partial charge in [-0.2, -0.15) is 5.10 Å². The first kappa shape index (κ1) is 24.3. The zero-order chi connectivity index (χ0) is 20.1. The summed E-state index contributed by atoms with van der Waals surface area (Å²) in [4.78, 5) is 15.7. The molecular weight excluding hydrogens is 346 g/mol. The summed E-state index contributed by atoms with van der Waals surface area (Å²) in [6.07, 6.45) is 25.7. The van der Waals surface area contributed by atoms with Crippen molar-refractivity contribution in [3.63, 3.8) is 0 Å². The molecule has 1 heterocycles. The highest BCUT2D eigenvalue weighted by atomic mass is 16.2. The molecule has 0 aliphatic carbocycles. The van der Waals surface area contributed by atoms with Gasteiger partial charge in [0.15, 0.2) is 0 Å². The van der Waals surface area contributed by atoms with Gasteiger partial charge in [-0.15, -0.1) is 0 Å². The first-order valence-corrected chi connectivity index (χ1v) is 11.5. The summed E-state index contributed by atoms with van der Waals surface area (Å²) in [5.74, 6) is 0.000000208. The second kappa shape index (κ2) is 18.6. The number of hydrogen-bond donors (Lipinski definition) is 1. The number of pyridine rings is 1. The standard InChI is InChI=1S/C24H41N3O/c1-2-3-4-5-6-7-8-9-10-11-12-13-14-15-16-17-24(28)27-26-22-23-18-20-25-21-19-23/h18-22H,2-17H2,1H3,(H,27,28). The van der Waals surface area contributed by atoms with Gasteiger partial charge in [-0.1, -0.05) is 96.8 Å². The molecule has 0 bridgehead atoms. The lowest BCUT2D eigenvalue weighted by Gasteiger charge is -2.03. The molecule has 0 radical (unpaired) electrons. The van der Waals surface area contributed by atoms with Crippen LogP contribution < -0.4 is 5.43 Å². The number of hydrogen-bond acceptors (Lipinski definition) is 3. The van der Waals surface area contributed by atoms with Crippen LogP contribution in [0, 0.1) is 0 Å². The van der Waals surface area contributed by atoms with Crippen LogP contribution in [0.4, 0.5) is 0 Å². The molecule has 0 aliphatic heterocycles. The number of unbranched alkanes of at least 4 members (excludes halogenated alkanes) is 14. The van der Waals surface area contributed by atoms with Crippen LogP contribution in [0.5, 0.6) is 0 Å². The van der Waals surface area contributed by atoms with Crippen molar-refractivity contribution in [2.24, 2.45) is 5.10 Å². The van der Waals surface area contributed by atoms with E-state index in [0.717, 1.165) is 18.4 Å². The molecule has 0 saturated carbocycles. The molecule has 0 saturated heterocycles. The van der Waals surface area contributed by atoms with Crippen molar-refractivity contribution in [1.82, 2.24) is 10.4 Å². The predicted molar refractivity (Wildman–Crippen MR) is 120 cm³/mol. The third kappa shape index (κ3) is 15.4. The maximum atomic E-state index is 11.7.